The lowest BCUT2D eigenvalue weighted by atomic mass is 10.1. The Labute approximate surface area is 119 Å². The normalized spacial score (nSPS) is 12.3. The van der Waals surface area contributed by atoms with Crippen molar-refractivity contribution in [1.82, 2.24) is 0 Å². The smallest absolute Gasteiger partial charge is 0.318 e. The fourth-order valence-electron chi connectivity index (χ4n) is 1.05. The predicted octanol–water partition coefficient (Wildman–Crippen LogP) is 3.03. The first-order valence-electron chi connectivity index (χ1n) is 6.26. The monoisotopic (exact) mass is 292 g/mol. The molecular weight excluding hydrogens is 268 g/mol. The van der Waals surface area contributed by atoms with Crippen LogP contribution in [0.5, 0.6) is 0 Å². The van der Waals surface area contributed by atoms with Gasteiger partial charge >= 0.3 is 11.9 Å². The number of hydrogen-bond acceptors (Lipinski definition) is 5. The molecule has 0 atom stereocenters. The molecule has 0 amide bonds. The molecule has 0 aromatic carbocycles. The van der Waals surface area contributed by atoms with Crippen molar-refractivity contribution in [2.45, 2.75) is 64.2 Å². The van der Waals surface area contributed by atoms with Gasteiger partial charge in [-0.15, -0.1) is 0 Å². The van der Waals surface area contributed by atoms with E-state index in [0.29, 0.717) is 6.61 Å². The van der Waals surface area contributed by atoms with Crippen molar-refractivity contribution in [2.24, 2.45) is 0 Å². The summed E-state index contributed by atoms with van der Waals surface area (Å²) < 4.78 is 10.4. The van der Waals surface area contributed by atoms with Gasteiger partial charge in [0, 0.05) is 6.61 Å². The molecule has 0 bridgehead atoms. The van der Waals surface area contributed by atoms with Gasteiger partial charge < -0.3 is 14.0 Å². The first kappa shape index (κ1) is 18.2. The van der Waals surface area contributed by atoms with Gasteiger partial charge in [0.15, 0.2) is 0 Å². The molecule has 0 aromatic rings. The summed E-state index contributed by atoms with van der Waals surface area (Å²) in [6, 6.07) is 0. The number of ether oxygens (including phenoxy) is 1. The van der Waals surface area contributed by atoms with Gasteiger partial charge in [-0.2, -0.15) is 0 Å². The fraction of sp³-hybridized carbons (Fsp3) is 0.846. The summed E-state index contributed by atoms with van der Waals surface area (Å²) in [6.45, 7) is 10.4. The molecule has 0 spiro atoms. The summed E-state index contributed by atoms with van der Waals surface area (Å²) in [5, 5.41) is 8.45. The number of aliphatic carboxylic acids is 1. The summed E-state index contributed by atoms with van der Waals surface area (Å²) in [4.78, 5) is 21.6. The second-order valence-electron chi connectivity index (χ2n) is 5.90. The van der Waals surface area contributed by atoms with E-state index >= 15 is 0 Å². The maximum atomic E-state index is 11.3. The summed E-state index contributed by atoms with van der Waals surface area (Å²) in [6.07, 6.45) is 0.436. The quantitative estimate of drug-likeness (QED) is 0.693. The summed E-state index contributed by atoms with van der Waals surface area (Å²) in [7, 11) is 0. The van der Waals surface area contributed by atoms with Crippen molar-refractivity contribution in [3.63, 3.8) is 0 Å². The molecule has 0 unspecified atom stereocenters. The van der Waals surface area contributed by atoms with Crippen LogP contribution in [-0.4, -0.2) is 34.0 Å². The van der Waals surface area contributed by atoms with Crippen LogP contribution in [0.15, 0.2) is 0 Å². The average Bonchev–Trinajstić information content (AvgIpc) is 2.21. The Balaban J connectivity index is 3.89. The zero-order valence-corrected chi connectivity index (χ0v) is 13.1. The summed E-state index contributed by atoms with van der Waals surface area (Å²) >= 11 is 1.07. The molecule has 5 nitrogen and oxygen atoms in total. The van der Waals surface area contributed by atoms with E-state index in [1.807, 2.05) is 34.6 Å². The van der Waals surface area contributed by atoms with Gasteiger partial charge in [0.1, 0.15) is 0 Å². The molecular formula is C13H24O5S. The molecule has 0 aliphatic carbocycles. The van der Waals surface area contributed by atoms with Gasteiger partial charge in [0.2, 0.25) is 0 Å². The molecule has 0 saturated carbocycles. The summed E-state index contributed by atoms with van der Waals surface area (Å²) in [5.74, 6) is -1.50. The first-order valence-corrected chi connectivity index (χ1v) is 7.00. The zero-order chi connectivity index (χ0) is 15.1. The van der Waals surface area contributed by atoms with Crippen molar-refractivity contribution in [1.29, 1.82) is 0 Å². The van der Waals surface area contributed by atoms with Crippen LogP contribution in [0.2, 0.25) is 0 Å². The predicted molar refractivity (Wildman–Crippen MR) is 75.0 cm³/mol. The van der Waals surface area contributed by atoms with Crippen LogP contribution in [0.1, 0.15) is 53.9 Å². The van der Waals surface area contributed by atoms with Crippen molar-refractivity contribution in [3.8, 4) is 0 Å². The second-order valence-corrected chi connectivity index (χ2v) is 7.34. The lowest BCUT2D eigenvalue weighted by molar-refractivity contribution is -0.141. The van der Waals surface area contributed by atoms with Crippen LogP contribution in [0.25, 0.3) is 0 Å². The Morgan fingerprint density at radius 1 is 1.11 bits per heavy atom. The summed E-state index contributed by atoms with van der Waals surface area (Å²) in [5.41, 5.74) is -0.182. The Hall–Kier alpha value is -0.750. The van der Waals surface area contributed by atoms with Crippen LogP contribution in [0.3, 0.4) is 0 Å². The molecule has 0 aliphatic rings. The molecule has 0 rings (SSSR count). The number of carbonyl (C=O) groups excluding carboxylic acids is 1. The van der Waals surface area contributed by atoms with E-state index in [2.05, 4.69) is 0 Å². The number of carboxylic acid groups (broad SMARTS) is 1. The maximum absolute atomic E-state index is 11.3. The fourth-order valence-corrected chi connectivity index (χ4v) is 1.62. The van der Waals surface area contributed by atoms with E-state index in [0.717, 1.165) is 18.5 Å². The topological polar surface area (TPSA) is 72.8 Å². The van der Waals surface area contributed by atoms with Crippen LogP contribution in [0.4, 0.5) is 0 Å². The molecule has 112 valence electrons. The molecule has 19 heavy (non-hydrogen) atoms. The zero-order valence-electron chi connectivity index (χ0n) is 12.3. The third-order valence-electron chi connectivity index (χ3n) is 2.14. The van der Waals surface area contributed by atoms with Crippen molar-refractivity contribution in [3.05, 3.63) is 0 Å². The van der Waals surface area contributed by atoms with E-state index in [1.54, 1.807) is 0 Å². The van der Waals surface area contributed by atoms with Crippen LogP contribution in [-0.2, 0) is 18.5 Å². The number of rotatable bonds is 8. The van der Waals surface area contributed by atoms with Gasteiger partial charge in [-0.25, -0.2) is 0 Å². The maximum Gasteiger partial charge on any atom is 0.318 e. The highest BCUT2D eigenvalue weighted by atomic mass is 32.2. The van der Waals surface area contributed by atoms with Gasteiger partial charge in [-0.3, -0.25) is 9.59 Å². The Bertz CT molecular complexity index is 307. The molecule has 0 aromatic heterocycles. The van der Waals surface area contributed by atoms with Gasteiger partial charge in [-0.05, 0) is 41.0 Å². The number of carbonyl (C=O) groups is 2. The minimum absolute atomic E-state index is 0.100. The van der Waals surface area contributed by atoms with Gasteiger partial charge in [0.05, 0.1) is 35.2 Å². The Kier molecular flexibility index (Phi) is 7.44. The average molecular weight is 292 g/mol. The minimum atomic E-state index is -1.00. The molecule has 0 saturated heterocycles. The highest BCUT2D eigenvalue weighted by Crippen LogP contribution is 2.30. The largest absolute Gasteiger partial charge is 0.481 e. The van der Waals surface area contributed by atoms with E-state index in [-0.39, 0.29) is 23.2 Å². The van der Waals surface area contributed by atoms with Crippen molar-refractivity contribution >= 4 is 24.0 Å². The lowest BCUT2D eigenvalue weighted by Gasteiger charge is -2.25. The Morgan fingerprint density at radius 3 is 2.16 bits per heavy atom. The number of hydrogen-bond donors (Lipinski definition) is 1. The lowest BCUT2D eigenvalue weighted by Crippen LogP contribution is -2.25. The third-order valence-corrected chi connectivity index (χ3v) is 3.07. The molecule has 1 N–H and O–H groups in total. The number of carboxylic acids is 1. The van der Waals surface area contributed by atoms with Crippen LogP contribution >= 0.6 is 12.0 Å². The van der Waals surface area contributed by atoms with E-state index in [4.69, 9.17) is 14.0 Å². The highest BCUT2D eigenvalue weighted by molar-refractivity contribution is 7.96. The molecule has 6 heteroatoms. The van der Waals surface area contributed by atoms with Crippen molar-refractivity contribution in [2.75, 3.05) is 6.61 Å². The molecule has 0 radical (unpaired) electrons. The molecule has 0 aliphatic heterocycles. The molecule has 0 fully saturated rings. The van der Waals surface area contributed by atoms with Gasteiger partial charge in [0.25, 0.3) is 0 Å². The molecule has 0 heterocycles. The SMILES string of the molecule is CC(C)(C)OCCC(C)(C)SOC(=O)CCC(=O)O. The van der Waals surface area contributed by atoms with Crippen molar-refractivity contribution < 1.29 is 23.6 Å². The van der Waals surface area contributed by atoms with Crippen LogP contribution < -0.4 is 0 Å². The van der Waals surface area contributed by atoms with Gasteiger partial charge in [-0.1, -0.05) is 0 Å². The highest BCUT2D eigenvalue weighted by Gasteiger charge is 2.23. The van der Waals surface area contributed by atoms with E-state index < -0.39 is 11.9 Å². The van der Waals surface area contributed by atoms with Crippen LogP contribution in [0, 0.1) is 0 Å². The standard InChI is InChI=1S/C13H24O5S/c1-12(2,3)17-9-8-13(4,5)19-18-11(16)7-6-10(14)15/h6-9H2,1-5H3,(H,14,15). The van der Waals surface area contributed by atoms with E-state index in [9.17, 15) is 9.59 Å². The second kappa shape index (κ2) is 7.75. The Morgan fingerprint density at radius 2 is 1.68 bits per heavy atom. The van der Waals surface area contributed by atoms with E-state index in [1.165, 1.54) is 0 Å². The minimum Gasteiger partial charge on any atom is -0.481 e. The third kappa shape index (κ3) is 12.0. The first-order chi connectivity index (χ1) is 8.52.